The van der Waals surface area contributed by atoms with Crippen LogP contribution in [0.2, 0.25) is 0 Å². The molecule has 1 aliphatic rings. The Morgan fingerprint density at radius 2 is 1.89 bits per heavy atom. The molecule has 0 bridgehead atoms. The number of hydrogen-bond donors (Lipinski definition) is 0. The van der Waals surface area contributed by atoms with Crippen molar-refractivity contribution in [2.24, 2.45) is 5.92 Å². The Morgan fingerprint density at radius 1 is 1.26 bits per heavy atom. The zero-order valence-electron chi connectivity index (χ0n) is 10.8. The van der Waals surface area contributed by atoms with E-state index in [4.69, 9.17) is 0 Å². The van der Waals surface area contributed by atoms with Crippen molar-refractivity contribution < 1.29 is 19.1 Å². The lowest BCUT2D eigenvalue weighted by molar-refractivity contribution is -0.152. The van der Waals surface area contributed by atoms with E-state index in [1.54, 1.807) is 0 Å². The monoisotopic (exact) mass is 261 g/mol. The highest BCUT2D eigenvalue weighted by Crippen LogP contribution is 2.34. The van der Waals surface area contributed by atoms with Crippen LogP contribution in [0, 0.1) is 5.92 Å². The minimum Gasteiger partial charge on any atom is -0.468 e. The molecule has 1 aliphatic heterocycles. The Bertz CT molecular complexity index is 511. The zero-order valence-corrected chi connectivity index (χ0v) is 10.8. The van der Waals surface area contributed by atoms with Gasteiger partial charge in [-0.1, -0.05) is 30.3 Å². The smallest absolute Gasteiger partial charge is 0.318 e. The van der Waals surface area contributed by atoms with E-state index in [-0.39, 0.29) is 18.4 Å². The highest BCUT2D eigenvalue weighted by atomic mass is 16.5. The summed E-state index contributed by atoms with van der Waals surface area (Å²) in [5.74, 6) is -2.70. The minimum atomic E-state index is -0.934. The fourth-order valence-electron chi connectivity index (χ4n) is 2.41. The standard InChI is InChI=1S/C14H15NO4/c1-9(16)15-8-11(10-6-4-3-5-7-10)12(13(15)17)14(18)19-2/h3-7,11-12H,8H2,1-2H3/t11-,12+/m0/s1. The first-order valence-electron chi connectivity index (χ1n) is 6.01. The van der Waals surface area contributed by atoms with Crippen LogP contribution in [-0.4, -0.2) is 36.3 Å². The number of esters is 1. The number of rotatable bonds is 2. The third kappa shape index (κ3) is 2.36. The van der Waals surface area contributed by atoms with Gasteiger partial charge < -0.3 is 4.74 Å². The van der Waals surface area contributed by atoms with E-state index in [1.807, 2.05) is 30.3 Å². The lowest BCUT2D eigenvalue weighted by atomic mass is 9.89. The van der Waals surface area contributed by atoms with E-state index in [0.717, 1.165) is 10.5 Å². The van der Waals surface area contributed by atoms with Crippen LogP contribution in [0.15, 0.2) is 30.3 Å². The lowest BCUT2D eigenvalue weighted by Crippen LogP contribution is -2.34. The quantitative estimate of drug-likeness (QED) is 0.587. The van der Waals surface area contributed by atoms with E-state index >= 15 is 0 Å². The molecule has 2 rings (SSSR count). The van der Waals surface area contributed by atoms with Crippen LogP contribution in [0.25, 0.3) is 0 Å². The largest absolute Gasteiger partial charge is 0.468 e. The molecule has 0 spiro atoms. The first-order chi connectivity index (χ1) is 9.06. The third-order valence-electron chi connectivity index (χ3n) is 3.38. The van der Waals surface area contributed by atoms with E-state index in [9.17, 15) is 14.4 Å². The number of imide groups is 1. The molecule has 5 nitrogen and oxygen atoms in total. The van der Waals surface area contributed by atoms with Gasteiger partial charge in [-0.2, -0.15) is 0 Å². The molecule has 0 aliphatic carbocycles. The second-order valence-corrected chi connectivity index (χ2v) is 4.49. The van der Waals surface area contributed by atoms with Crippen molar-refractivity contribution >= 4 is 17.8 Å². The van der Waals surface area contributed by atoms with E-state index in [1.165, 1.54) is 14.0 Å². The Kier molecular flexibility index (Phi) is 3.64. The molecule has 5 heteroatoms. The molecular formula is C14H15NO4. The summed E-state index contributed by atoms with van der Waals surface area (Å²) in [7, 11) is 1.24. The molecule has 100 valence electrons. The Labute approximate surface area is 111 Å². The molecule has 0 aromatic heterocycles. The fraction of sp³-hybridized carbons (Fsp3) is 0.357. The minimum absolute atomic E-state index is 0.220. The maximum Gasteiger partial charge on any atom is 0.318 e. The summed E-state index contributed by atoms with van der Waals surface area (Å²) in [6, 6.07) is 9.22. The maximum atomic E-state index is 12.1. The third-order valence-corrected chi connectivity index (χ3v) is 3.38. The molecule has 0 unspecified atom stereocenters. The van der Waals surface area contributed by atoms with Gasteiger partial charge in [-0.3, -0.25) is 19.3 Å². The van der Waals surface area contributed by atoms with Crippen LogP contribution in [0.4, 0.5) is 0 Å². The first kappa shape index (κ1) is 13.3. The van der Waals surface area contributed by atoms with Gasteiger partial charge in [-0.25, -0.2) is 0 Å². The van der Waals surface area contributed by atoms with Crippen LogP contribution in [-0.2, 0) is 19.1 Å². The predicted molar refractivity (Wildman–Crippen MR) is 67.1 cm³/mol. The number of amides is 2. The van der Waals surface area contributed by atoms with Gasteiger partial charge in [0.05, 0.1) is 7.11 Å². The fourth-order valence-corrected chi connectivity index (χ4v) is 2.41. The molecule has 19 heavy (non-hydrogen) atoms. The topological polar surface area (TPSA) is 63.7 Å². The Morgan fingerprint density at radius 3 is 2.42 bits per heavy atom. The molecule has 0 saturated carbocycles. The summed E-state index contributed by atoms with van der Waals surface area (Å²) < 4.78 is 4.69. The van der Waals surface area contributed by atoms with Crippen molar-refractivity contribution in [1.82, 2.24) is 4.90 Å². The van der Waals surface area contributed by atoms with Gasteiger partial charge in [0.1, 0.15) is 5.92 Å². The van der Waals surface area contributed by atoms with Crippen molar-refractivity contribution in [3.63, 3.8) is 0 Å². The summed E-state index contributed by atoms with van der Waals surface area (Å²) in [6.07, 6.45) is 0. The molecule has 1 heterocycles. The van der Waals surface area contributed by atoms with Crippen LogP contribution >= 0.6 is 0 Å². The van der Waals surface area contributed by atoms with Gasteiger partial charge in [0.25, 0.3) is 0 Å². The first-order valence-corrected chi connectivity index (χ1v) is 6.01. The molecule has 1 aromatic carbocycles. The predicted octanol–water partition coefficient (Wildman–Crippen LogP) is 0.948. The Balaban J connectivity index is 2.38. The summed E-state index contributed by atoms with van der Waals surface area (Å²) in [6.45, 7) is 1.54. The Hall–Kier alpha value is -2.17. The maximum absolute atomic E-state index is 12.1. The summed E-state index contributed by atoms with van der Waals surface area (Å²) in [5, 5.41) is 0. The van der Waals surface area contributed by atoms with Crippen molar-refractivity contribution in [1.29, 1.82) is 0 Å². The average Bonchev–Trinajstić information content (AvgIpc) is 2.77. The number of methoxy groups -OCH3 is 1. The second kappa shape index (κ2) is 5.22. The van der Waals surface area contributed by atoms with E-state index in [0.29, 0.717) is 0 Å². The number of likely N-dealkylation sites (tertiary alicyclic amines) is 1. The zero-order chi connectivity index (χ0) is 14.0. The number of benzene rings is 1. The van der Waals surface area contributed by atoms with Gasteiger partial charge in [0.15, 0.2) is 0 Å². The average molecular weight is 261 g/mol. The molecular weight excluding hydrogens is 246 g/mol. The van der Waals surface area contributed by atoms with Gasteiger partial charge in [0, 0.05) is 19.4 Å². The molecule has 2 amide bonds. The van der Waals surface area contributed by atoms with E-state index in [2.05, 4.69) is 4.74 Å². The van der Waals surface area contributed by atoms with E-state index < -0.39 is 17.8 Å². The van der Waals surface area contributed by atoms with Crippen molar-refractivity contribution in [3.05, 3.63) is 35.9 Å². The van der Waals surface area contributed by atoms with Crippen LogP contribution < -0.4 is 0 Å². The number of nitrogens with zero attached hydrogens (tertiary/aromatic N) is 1. The van der Waals surface area contributed by atoms with Crippen LogP contribution in [0.5, 0.6) is 0 Å². The number of carbonyl (C=O) groups is 3. The van der Waals surface area contributed by atoms with Crippen molar-refractivity contribution in [2.75, 3.05) is 13.7 Å². The highest BCUT2D eigenvalue weighted by Gasteiger charge is 2.47. The second-order valence-electron chi connectivity index (χ2n) is 4.49. The summed E-state index contributed by atoms with van der Waals surface area (Å²) >= 11 is 0. The van der Waals surface area contributed by atoms with Crippen LogP contribution in [0.1, 0.15) is 18.4 Å². The molecule has 0 radical (unpaired) electrons. The van der Waals surface area contributed by atoms with Crippen molar-refractivity contribution in [3.8, 4) is 0 Å². The molecule has 1 saturated heterocycles. The van der Waals surface area contributed by atoms with Gasteiger partial charge in [0.2, 0.25) is 11.8 Å². The van der Waals surface area contributed by atoms with Crippen molar-refractivity contribution in [2.45, 2.75) is 12.8 Å². The van der Waals surface area contributed by atoms with Crippen LogP contribution in [0.3, 0.4) is 0 Å². The highest BCUT2D eigenvalue weighted by molar-refractivity contribution is 6.07. The molecule has 2 atom stereocenters. The number of ether oxygens (including phenoxy) is 1. The van der Waals surface area contributed by atoms with Gasteiger partial charge in [-0.15, -0.1) is 0 Å². The molecule has 1 aromatic rings. The number of carbonyl (C=O) groups excluding carboxylic acids is 3. The SMILES string of the molecule is COC(=O)[C@H]1C(=O)N(C(C)=O)C[C@H]1c1ccccc1. The molecule has 1 fully saturated rings. The summed E-state index contributed by atoms with van der Waals surface area (Å²) in [5.41, 5.74) is 0.856. The van der Waals surface area contributed by atoms with Gasteiger partial charge >= 0.3 is 5.97 Å². The van der Waals surface area contributed by atoms with Gasteiger partial charge in [-0.05, 0) is 5.56 Å². The number of hydrogen-bond acceptors (Lipinski definition) is 4. The normalized spacial score (nSPS) is 22.4. The summed E-state index contributed by atoms with van der Waals surface area (Å²) in [4.78, 5) is 36.5. The molecule has 0 N–H and O–H groups in total. The lowest BCUT2D eigenvalue weighted by Gasteiger charge is -2.14.